The maximum Gasteiger partial charge on any atom is 0.0101 e. The fourth-order valence-electron chi connectivity index (χ4n) is 3.82. The first-order valence-corrected chi connectivity index (χ1v) is 6.65. The largest absolute Gasteiger partial charge is 0.327 e. The van der Waals surface area contributed by atoms with Gasteiger partial charge in [-0.3, -0.25) is 0 Å². The van der Waals surface area contributed by atoms with Gasteiger partial charge in [-0.2, -0.15) is 0 Å². The van der Waals surface area contributed by atoms with Crippen LogP contribution in [0.4, 0.5) is 0 Å². The van der Waals surface area contributed by atoms with E-state index in [1.807, 2.05) is 0 Å². The van der Waals surface area contributed by atoms with Gasteiger partial charge in [0.25, 0.3) is 0 Å². The van der Waals surface area contributed by atoms with Crippen molar-refractivity contribution in [2.45, 2.75) is 59.4 Å². The lowest BCUT2D eigenvalue weighted by Crippen LogP contribution is -2.38. The first-order chi connectivity index (χ1) is 6.90. The minimum absolute atomic E-state index is 0.477. The molecule has 4 unspecified atom stereocenters. The predicted molar refractivity (Wildman–Crippen MR) is 65.5 cm³/mol. The Bertz CT molecular complexity index is 223. The molecule has 0 aromatic rings. The molecule has 2 fully saturated rings. The zero-order valence-corrected chi connectivity index (χ0v) is 10.8. The molecule has 1 nitrogen and oxygen atoms in total. The second-order valence-electron chi connectivity index (χ2n) is 7.05. The van der Waals surface area contributed by atoms with E-state index < -0.39 is 0 Å². The summed E-state index contributed by atoms with van der Waals surface area (Å²) in [6, 6.07) is 0.477. The van der Waals surface area contributed by atoms with Crippen molar-refractivity contribution < 1.29 is 0 Å². The van der Waals surface area contributed by atoms with Crippen LogP contribution in [0.3, 0.4) is 0 Å². The molecule has 0 heterocycles. The normalized spacial score (nSPS) is 46.2. The van der Waals surface area contributed by atoms with Gasteiger partial charge in [0.2, 0.25) is 0 Å². The average Bonchev–Trinajstić information content (AvgIpc) is 2.72. The number of hydrogen-bond donors (Lipinski definition) is 1. The van der Waals surface area contributed by atoms with Gasteiger partial charge < -0.3 is 5.73 Å². The van der Waals surface area contributed by atoms with Crippen molar-refractivity contribution in [2.24, 2.45) is 34.8 Å². The highest BCUT2D eigenvalue weighted by molar-refractivity contribution is 5.03. The fraction of sp³-hybridized carbons (Fsp3) is 1.00. The van der Waals surface area contributed by atoms with Gasteiger partial charge in [0.05, 0.1) is 0 Å². The van der Waals surface area contributed by atoms with Crippen LogP contribution in [0, 0.1) is 29.1 Å². The average molecular weight is 209 g/mol. The molecule has 0 aromatic heterocycles. The van der Waals surface area contributed by atoms with E-state index in [4.69, 9.17) is 5.73 Å². The van der Waals surface area contributed by atoms with E-state index in [2.05, 4.69) is 27.7 Å². The van der Waals surface area contributed by atoms with Crippen LogP contribution in [-0.2, 0) is 0 Å². The minimum Gasteiger partial charge on any atom is -0.327 e. The summed E-state index contributed by atoms with van der Waals surface area (Å²) in [7, 11) is 0. The molecule has 0 aliphatic heterocycles. The summed E-state index contributed by atoms with van der Waals surface area (Å²) in [5.74, 6) is 3.40. The van der Waals surface area contributed by atoms with Crippen LogP contribution in [-0.4, -0.2) is 6.04 Å². The Morgan fingerprint density at radius 2 is 1.53 bits per heavy atom. The third-order valence-corrected chi connectivity index (χ3v) is 4.81. The standard InChI is InChI=1S/C14H27N/c1-9-5-10(2)7-11(6-9)13(15)12-8-14(12,3)4/h9-13H,5-8,15H2,1-4H3. The summed E-state index contributed by atoms with van der Waals surface area (Å²) >= 11 is 0. The molecule has 2 aliphatic carbocycles. The van der Waals surface area contributed by atoms with E-state index in [0.717, 1.165) is 23.7 Å². The zero-order chi connectivity index (χ0) is 11.2. The molecule has 0 spiro atoms. The van der Waals surface area contributed by atoms with Crippen molar-refractivity contribution in [3.05, 3.63) is 0 Å². The smallest absolute Gasteiger partial charge is 0.0101 e. The quantitative estimate of drug-likeness (QED) is 0.741. The van der Waals surface area contributed by atoms with E-state index in [9.17, 15) is 0 Å². The van der Waals surface area contributed by atoms with Crippen molar-refractivity contribution in [2.75, 3.05) is 0 Å². The summed E-state index contributed by atoms with van der Waals surface area (Å²) in [5.41, 5.74) is 7.00. The van der Waals surface area contributed by atoms with Gasteiger partial charge in [0.1, 0.15) is 0 Å². The molecule has 0 bridgehead atoms. The number of nitrogens with two attached hydrogens (primary N) is 1. The molecular formula is C14H27N. The Labute approximate surface area is 94.8 Å². The van der Waals surface area contributed by atoms with Crippen LogP contribution in [0.5, 0.6) is 0 Å². The van der Waals surface area contributed by atoms with Gasteiger partial charge in [-0.15, -0.1) is 0 Å². The molecular weight excluding hydrogens is 182 g/mol. The Morgan fingerprint density at radius 3 is 1.93 bits per heavy atom. The van der Waals surface area contributed by atoms with Crippen molar-refractivity contribution >= 4 is 0 Å². The lowest BCUT2D eigenvalue weighted by Gasteiger charge is -2.35. The SMILES string of the molecule is CC1CC(C)CC(C(N)C2CC2(C)C)C1. The van der Waals surface area contributed by atoms with E-state index in [1.165, 1.54) is 25.7 Å². The van der Waals surface area contributed by atoms with Crippen molar-refractivity contribution in [3.8, 4) is 0 Å². The van der Waals surface area contributed by atoms with Crippen LogP contribution >= 0.6 is 0 Å². The van der Waals surface area contributed by atoms with Gasteiger partial charge in [-0.1, -0.05) is 27.7 Å². The highest BCUT2D eigenvalue weighted by Crippen LogP contribution is 2.55. The summed E-state index contributed by atoms with van der Waals surface area (Å²) in [6.45, 7) is 9.53. The Morgan fingerprint density at radius 1 is 1.07 bits per heavy atom. The van der Waals surface area contributed by atoms with Gasteiger partial charge >= 0.3 is 0 Å². The number of rotatable bonds is 2. The molecule has 0 radical (unpaired) electrons. The first kappa shape index (κ1) is 11.4. The van der Waals surface area contributed by atoms with E-state index in [0.29, 0.717) is 11.5 Å². The van der Waals surface area contributed by atoms with Crippen molar-refractivity contribution in [3.63, 3.8) is 0 Å². The van der Waals surface area contributed by atoms with Gasteiger partial charge in [-0.05, 0) is 54.8 Å². The lowest BCUT2D eigenvalue weighted by atomic mass is 9.72. The molecule has 15 heavy (non-hydrogen) atoms. The third-order valence-electron chi connectivity index (χ3n) is 4.81. The van der Waals surface area contributed by atoms with Crippen LogP contribution in [0.15, 0.2) is 0 Å². The Kier molecular flexibility index (Phi) is 2.87. The third kappa shape index (κ3) is 2.38. The molecule has 2 aliphatic rings. The fourth-order valence-corrected chi connectivity index (χ4v) is 3.82. The van der Waals surface area contributed by atoms with E-state index in [1.54, 1.807) is 0 Å². The minimum atomic E-state index is 0.477. The molecule has 2 saturated carbocycles. The monoisotopic (exact) mass is 209 g/mol. The first-order valence-electron chi connectivity index (χ1n) is 6.65. The Balaban J connectivity index is 1.93. The second kappa shape index (κ2) is 3.76. The molecule has 4 atom stereocenters. The topological polar surface area (TPSA) is 26.0 Å². The van der Waals surface area contributed by atoms with E-state index in [-0.39, 0.29) is 0 Å². The van der Waals surface area contributed by atoms with Crippen molar-refractivity contribution in [1.29, 1.82) is 0 Å². The predicted octanol–water partition coefficient (Wildman–Crippen LogP) is 3.43. The molecule has 1 heteroatoms. The molecule has 0 amide bonds. The van der Waals surface area contributed by atoms with Crippen LogP contribution in [0.25, 0.3) is 0 Å². The Hall–Kier alpha value is -0.0400. The van der Waals surface area contributed by atoms with E-state index >= 15 is 0 Å². The zero-order valence-electron chi connectivity index (χ0n) is 10.8. The second-order valence-corrected chi connectivity index (χ2v) is 7.05. The maximum atomic E-state index is 6.45. The van der Waals surface area contributed by atoms with Crippen LogP contribution in [0.2, 0.25) is 0 Å². The highest BCUT2D eigenvalue weighted by atomic mass is 14.7. The van der Waals surface area contributed by atoms with Crippen molar-refractivity contribution in [1.82, 2.24) is 0 Å². The lowest BCUT2D eigenvalue weighted by molar-refractivity contribution is 0.177. The van der Waals surface area contributed by atoms with Crippen LogP contribution < -0.4 is 5.73 Å². The maximum absolute atomic E-state index is 6.45. The molecule has 0 saturated heterocycles. The molecule has 2 N–H and O–H groups in total. The van der Waals surface area contributed by atoms with Gasteiger partial charge in [0, 0.05) is 6.04 Å². The van der Waals surface area contributed by atoms with Gasteiger partial charge in [-0.25, -0.2) is 0 Å². The molecule has 0 aromatic carbocycles. The summed E-state index contributed by atoms with van der Waals surface area (Å²) in [6.07, 6.45) is 5.51. The highest BCUT2D eigenvalue weighted by Gasteiger charge is 2.51. The summed E-state index contributed by atoms with van der Waals surface area (Å²) < 4.78 is 0. The molecule has 2 rings (SSSR count). The number of hydrogen-bond acceptors (Lipinski definition) is 1. The summed E-state index contributed by atoms with van der Waals surface area (Å²) in [5, 5.41) is 0. The molecule has 88 valence electrons. The summed E-state index contributed by atoms with van der Waals surface area (Å²) in [4.78, 5) is 0. The van der Waals surface area contributed by atoms with Gasteiger partial charge in [0.15, 0.2) is 0 Å². The van der Waals surface area contributed by atoms with Crippen LogP contribution in [0.1, 0.15) is 53.4 Å².